The number of nitriles is 1. The molecule has 170 valence electrons. The van der Waals surface area contributed by atoms with Crippen LogP contribution in [0.15, 0.2) is 35.3 Å². The lowest BCUT2D eigenvalue weighted by atomic mass is 9.94. The average Bonchev–Trinajstić information content (AvgIpc) is 2.86. The Morgan fingerprint density at radius 3 is 2.52 bits per heavy atom. The van der Waals surface area contributed by atoms with Gasteiger partial charge in [-0.25, -0.2) is 10.1 Å². The number of aromatic amines is 1. The van der Waals surface area contributed by atoms with Crippen molar-refractivity contribution in [2.24, 2.45) is 5.92 Å². The minimum atomic E-state index is -0.320. The molecule has 0 atom stereocenters. The van der Waals surface area contributed by atoms with Crippen molar-refractivity contribution in [3.63, 3.8) is 0 Å². The number of anilines is 4. The van der Waals surface area contributed by atoms with Gasteiger partial charge in [-0.05, 0) is 62.3 Å². The first kappa shape index (κ1) is 21.2. The van der Waals surface area contributed by atoms with Crippen LogP contribution in [0.5, 0.6) is 0 Å². The van der Waals surface area contributed by atoms with Gasteiger partial charge in [0.25, 0.3) is 5.56 Å². The van der Waals surface area contributed by atoms with Crippen molar-refractivity contribution in [1.29, 1.82) is 5.26 Å². The fourth-order valence-corrected chi connectivity index (χ4v) is 4.73. The van der Waals surface area contributed by atoms with Gasteiger partial charge in [0.2, 0.25) is 5.95 Å². The Kier molecular flexibility index (Phi) is 6.07. The number of hydrogen-bond acceptors (Lipinski definition) is 8. The highest BCUT2D eigenvalue weighted by molar-refractivity contribution is 5.90. The third kappa shape index (κ3) is 4.60. The molecule has 2 saturated heterocycles. The molecule has 5 rings (SSSR count). The number of hydrogen-bond donors (Lipinski definition) is 2. The molecular formula is C24H28N8O. The lowest BCUT2D eigenvalue weighted by Gasteiger charge is -2.31. The summed E-state index contributed by atoms with van der Waals surface area (Å²) in [5.74, 6) is 1.48. The molecule has 0 saturated carbocycles. The highest BCUT2D eigenvalue weighted by atomic mass is 16.1. The topological polar surface area (TPSA) is 114 Å². The number of nitrogens with one attached hydrogen (secondary N) is 2. The Bertz CT molecular complexity index is 1200. The van der Waals surface area contributed by atoms with E-state index in [4.69, 9.17) is 10.2 Å². The summed E-state index contributed by atoms with van der Waals surface area (Å²) in [6.07, 6.45) is 7.80. The molecule has 0 aliphatic carbocycles. The van der Waals surface area contributed by atoms with E-state index in [-0.39, 0.29) is 5.56 Å². The minimum absolute atomic E-state index is 0.320. The first-order chi connectivity index (χ1) is 16.2. The zero-order chi connectivity index (χ0) is 22.6. The molecule has 4 heterocycles. The second-order valence-corrected chi connectivity index (χ2v) is 8.84. The maximum atomic E-state index is 12.6. The van der Waals surface area contributed by atoms with Crippen LogP contribution in [0.2, 0.25) is 0 Å². The van der Waals surface area contributed by atoms with Gasteiger partial charge in [-0.1, -0.05) is 0 Å². The lowest BCUT2D eigenvalue weighted by molar-refractivity contribution is 0.409. The molecule has 0 radical (unpaired) electrons. The predicted molar refractivity (Wildman–Crippen MR) is 129 cm³/mol. The number of rotatable bonds is 5. The Morgan fingerprint density at radius 1 is 1.03 bits per heavy atom. The van der Waals surface area contributed by atoms with Gasteiger partial charge in [0.1, 0.15) is 16.7 Å². The molecule has 2 aromatic heterocycles. The van der Waals surface area contributed by atoms with E-state index < -0.39 is 0 Å². The van der Waals surface area contributed by atoms with E-state index in [1.165, 1.54) is 24.9 Å². The summed E-state index contributed by atoms with van der Waals surface area (Å²) >= 11 is 0. The summed E-state index contributed by atoms with van der Waals surface area (Å²) in [5, 5.41) is 19.1. The Morgan fingerprint density at radius 2 is 1.79 bits per heavy atom. The third-order valence-corrected chi connectivity index (χ3v) is 6.63. The van der Waals surface area contributed by atoms with Crippen molar-refractivity contribution in [3.8, 4) is 6.07 Å². The molecule has 0 amide bonds. The van der Waals surface area contributed by atoms with Crippen molar-refractivity contribution in [1.82, 2.24) is 20.2 Å². The standard InChI is InChI=1S/C24H28N8O/c25-11-8-17-9-14-32(15-10-17)24-28-20-16-26-30-23(33)21(20)22(29-24)27-18-4-6-19(7-5-18)31-12-2-1-3-13-31/h4-7,16-17H,1-3,8-10,12-15H2,(H,30,33)(H,27,28,29). The summed E-state index contributed by atoms with van der Waals surface area (Å²) in [6, 6.07) is 10.6. The van der Waals surface area contributed by atoms with E-state index in [9.17, 15) is 4.79 Å². The van der Waals surface area contributed by atoms with Gasteiger partial charge in [0, 0.05) is 44.0 Å². The Labute approximate surface area is 192 Å². The third-order valence-electron chi connectivity index (χ3n) is 6.63. The monoisotopic (exact) mass is 444 g/mol. The van der Waals surface area contributed by atoms with Gasteiger partial charge < -0.3 is 15.1 Å². The normalized spacial score (nSPS) is 17.2. The largest absolute Gasteiger partial charge is 0.372 e. The molecule has 9 heteroatoms. The number of nitrogens with zero attached hydrogens (tertiary/aromatic N) is 6. The molecule has 2 aliphatic rings. The molecule has 2 fully saturated rings. The zero-order valence-electron chi connectivity index (χ0n) is 18.6. The quantitative estimate of drug-likeness (QED) is 0.614. The van der Waals surface area contributed by atoms with Crippen molar-refractivity contribution in [2.75, 3.05) is 41.3 Å². The molecule has 9 nitrogen and oxygen atoms in total. The van der Waals surface area contributed by atoms with Crippen LogP contribution in [0.4, 0.5) is 23.1 Å². The van der Waals surface area contributed by atoms with Crippen LogP contribution < -0.4 is 20.7 Å². The van der Waals surface area contributed by atoms with Gasteiger partial charge in [-0.15, -0.1) is 0 Å². The zero-order valence-corrected chi connectivity index (χ0v) is 18.6. The van der Waals surface area contributed by atoms with E-state index >= 15 is 0 Å². The number of fused-ring (bicyclic) bond motifs is 1. The SMILES string of the molecule is N#CCC1CCN(c2nc(Nc3ccc(N4CCCCC4)cc3)c3c(=O)[nH]ncc3n2)CC1. The molecular weight excluding hydrogens is 416 g/mol. The molecule has 0 spiro atoms. The van der Waals surface area contributed by atoms with Crippen molar-refractivity contribution in [3.05, 3.63) is 40.8 Å². The Hall–Kier alpha value is -3.67. The highest BCUT2D eigenvalue weighted by Crippen LogP contribution is 2.28. The van der Waals surface area contributed by atoms with Crippen LogP contribution >= 0.6 is 0 Å². The first-order valence-corrected chi connectivity index (χ1v) is 11.7. The van der Waals surface area contributed by atoms with Crippen LogP contribution in [-0.2, 0) is 0 Å². The van der Waals surface area contributed by atoms with Crippen molar-refractivity contribution in [2.45, 2.75) is 38.5 Å². The summed E-state index contributed by atoms with van der Waals surface area (Å²) < 4.78 is 0. The van der Waals surface area contributed by atoms with Gasteiger partial charge in [0.15, 0.2) is 0 Å². The van der Waals surface area contributed by atoms with Crippen LogP contribution in [0.25, 0.3) is 10.9 Å². The number of aromatic nitrogens is 4. The first-order valence-electron chi connectivity index (χ1n) is 11.7. The van der Waals surface area contributed by atoms with Gasteiger partial charge in [-0.2, -0.15) is 15.3 Å². The van der Waals surface area contributed by atoms with E-state index in [1.807, 2.05) is 12.1 Å². The summed E-state index contributed by atoms with van der Waals surface area (Å²) in [4.78, 5) is 26.5. The predicted octanol–water partition coefficient (Wildman–Crippen LogP) is 3.58. The van der Waals surface area contributed by atoms with Crippen LogP contribution in [-0.4, -0.2) is 46.3 Å². The highest BCUT2D eigenvalue weighted by Gasteiger charge is 2.23. The smallest absolute Gasteiger partial charge is 0.277 e. The Balaban J connectivity index is 1.42. The second kappa shape index (κ2) is 9.45. The van der Waals surface area contributed by atoms with Crippen molar-refractivity contribution >= 4 is 34.0 Å². The number of piperidine rings is 2. The fraction of sp³-hybridized carbons (Fsp3) is 0.458. The molecule has 33 heavy (non-hydrogen) atoms. The van der Waals surface area contributed by atoms with Gasteiger partial charge in [0.05, 0.1) is 12.3 Å². The van der Waals surface area contributed by atoms with E-state index in [0.717, 1.165) is 44.7 Å². The molecule has 2 N–H and O–H groups in total. The summed E-state index contributed by atoms with van der Waals surface area (Å²) in [5.41, 5.74) is 2.27. The summed E-state index contributed by atoms with van der Waals surface area (Å²) in [7, 11) is 0. The van der Waals surface area contributed by atoms with E-state index in [0.29, 0.717) is 35.0 Å². The number of H-pyrrole nitrogens is 1. The minimum Gasteiger partial charge on any atom is -0.372 e. The van der Waals surface area contributed by atoms with Gasteiger partial charge in [-0.3, -0.25) is 4.79 Å². The van der Waals surface area contributed by atoms with E-state index in [2.05, 4.69) is 48.5 Å². The van der Waals surface area contributed by atoms with Crippen LogP contribution in [0, 0.1) is 17.2 Å². The molecule has 1 aromatic carbocycles. The van der Waals surface area contributed by atoms with Crippen LogP contribution in [0.3, 0.4) is 0 Å². The molecule has 0 unspecified atom stereocenters. The van der Waals surface area contributed by atoms with Gasteiger partial charge >= 0.3 is 0 Å². The fourth-order valence-electron chi connectivity index (χ4n) is 4.73. The molecule has 3 aromatic rings. The average molecular weight is 445 g/mol. The molecule has 0 bridgehead atoms. The lowest BCUT2D eigenvalue weighted by Crippen LogP contribution is -2.35. The van der Waals surface area contributed by atoms with E-state index in [1.54, 1.807) is 6.20 Å². The maximum absolute atomic E-state index is 12.6. The van der Waals surface area contributed by atoms with Crippen molar-refractivity contribution < 1.29 is 0 Å². The van der Waals surface area contributed by atoms with Crippen LogP contribution in [0.1, 0.15) is 38.5 Å². The molecule has 2 aliphatic heterocycles. The maximum Gasteiger partial charge on any atom is 0.277 e. The second-order valence-electron chi connectivity index (χ2n) is 8.84. The number of benzene rings is 1. The summed E-state index contributed by atoms with van der Waals surface area (Å²) in [6.45, 7) is 3.77.